The Kier molecular flexibility index (Phi) is 7.06. The molecule has 0 spiro atoms. The molecular weight excluding hydrogens is 366 g/mol. The van der Waals surface area contributed by atoms with E-state index >= 15 is 0 Å². The molecule has 1 aromatic heterocycles. The van der Waals surface area contributed by atoms with Gasteiger partial charge in [-0.15, -0.1) is 11.3 Å². The molecule has 1 atom stereocenters. The lowest BCUT2D eigenvalue weighted by Crippen LogP contribution is -2.13. The van der Waals surface area contributed by atoms with Gasteiger partial charge >= 0.3 is 5.97 Å². The predicted molar refractivity (Wildman–Crippen MR) is 102 cm³/mol. The van der Waals surface area contributed by atoms with Crippen molar-refractivity contribution in [3.63, 3.8) is 0 Å². The first kappa shape index (κ1) is 19.6. The maximum absolute atomic E-state index is 12.1. The van der Waals surface area contributed by atoms with E-state index in [-0.39, 0.29) is 25.3 Å². The molecule has 146 valence electrons. The lowest BCUT2D eigenvalue weighted by Gasteiger charge is -2.16. The van der Waals surface area contributed by atoms with E-state index in [2.05, 4.69) is 5.38 Å². The number of fused-ring (bicyclic) bond motifs is 1. The van der Waals surface area contributed by atoms with Gasteiger partial charge in [0.05, 0.1) is 23.7 Å². The molecule has 0 amide bonds. The van der Waals surface area contributed by atoms with Gasteiger partial charge in [-0.1, -0.05) is 6.07 Å². The molecule has 0 saturated carbocycles. The van der Waals surface area contributed by atoms with Crippen LogP contribution in [0.4, 0.5) is 0 Å². The van der Waals surface area contributed by atoms with Crippen LogP contribution in [-0.2, 0) is 22.4 Å². The van der Waals surface area contributed by atoms with Crippen LogP contribution in [0.5, 0.6) is 11.5 Å². The van der Waals surface area contributed by atoms with Crippen LogP contribution < -0.4 is 9.47 Å². The molecule has 2 aromatic rings. The number of carbonyl (C=O) groups is 1. The number of thiazole rings is 1. The van der Waals surface area contributed by atoms with Gasteiger partial charge in [0, 0.05) is 17.9 Å². The number of carbonyl (C=O) groups excluding carboxylic acids is 1. The molecule has 0 aliphatic carbocycles. The minimum absolute atomic E-state index is 0.0362. The highest BCUT2D eigenvalue weighted by Crippen LogP contribution is 2.36. The first-order valence-electron chi connectivity index (χ1n) is 9.29. The van der Waals surface area contributed by atoms with Gasteiger partial charge in [-0.25, -0.2) is 4.98 Å². The average Bonchev–Trinajstić information content (AvgIpc) is 3.30. The summed E-state index contributed by atoms with van der Waals surface area (Å²) in [6.07, 6.45) is 3.55. The second-order valence-corrected chi connectivity index (χ2v) is 7.38. The van der Waals surface area contributed by atoms with Crippen LogP contribution in [0.3, 0.4) is 0 Å². The Morgan fingerprint density at radius 2 is 2.19 bits per heavy atom. The fourth-order valence-corrected chi connectivity index (χ4v) is 3.95. The summed E-state index contributed by atoms with van der Waals surface area (Å²) in [4.78, 5) is 16.8. The van der Waals surface area contributed by atoms with Crippen molar-refractivity contribution in [2.24, 2.45) is 0 Å². The Balaban J connectivity index is 1.73. The van der Waals surface area contributed by atoms with Crippen LogP contribution in [0, 0.1) is 0 Å². The standard InChI is InChI=1S/C20H25NO5S/c1-2-24-20(23)11-15(14-6-7-17-18(10-14)26-13-25-17)9-16-12-27-19(21-16)5-3-4-8-22/h6-7,10,12,15,22H,2-5,8-9,11,13H2,1H3. The van der Waals surface area contributed by atoms with Gasteiger partial charge in [-0.05, 0) is 50.3 Å². The summed E-state index contributed by atoms with van der Waals surface area (Å²) in [6, 6.07) is 5.81. The van der Waals surface area contributed by atoms with Crippen molar-refractivity contribution in [3.8, 4) is 11.5 Å². The van der Waals surface area contributed by atoms with E-state index in [0.717, 1.165) is 41.3 Å². The summed E-state index contributed by atoms with van der Waals surface area (Å²) in [7, 11) is 0. The minimum atomic E-state index is -0.210. The van der Waals surface area contributed by atoms with Gasteiger partial charge in [0.25, 0.3) is 0 Å². The molecule has 2 heterocycles. The Hall–Kier alpha value is -2.12. The SMILES string of the molecule is CCOC(=O)CC(Cc1csc(CCCCO)n1)c1ccc2c(c1)OCO2. The summed E-state index contributed by atoms with van der Waals surface area (Å²) in [5.74, 6) is 1.20. The summed E-state index contributed by atoms with van der Waals surface area (Å²) in [5.41, 5.74) is 1.99. The molecule has 7 heteroatoms. The maximum atomic E-state index is 12.1. The van der Waals surface area contributed by atoms with Crippen LogP contribution in [0.25, 0.3) is 0 Å². The fraction of sp³-hybridized carbons (Fsp3) is 0.500. The third-order valence-electron chi connectivity index (χ3n) is 4.44. The second kappa shape index (κ2) is 9.71. The normalized spacial score (nSPS) is 13.6. The van der Waals surface area contributed by atoms with Crippen molar-refractivity contribution < 1.29 is 24.1 Å². The highest BCUT2D eigenvalue weighted by Gasteiger charge is 2.22. The largest absolute Gasteiger partial charge is 0.466 e. The zero-order valence-corrected chi connectivity index (χ0v) is 16.3. The van der Waals surface area contributed by atoms with E-state index in [1.807, 2.05) is 25.1 Å². The number of unbranched alkanes of at least 4 members (excludes halogenated alkanes) is 1. The van der Waals surface area contributed by atoms with Crippen molar-refractivity contribution in [1.29, 1.82) is 0 Å². The number of nitrogens with zero attached hydrogens (tertiary/aromatic N) is 1. The molecule has 3 rings (SSSR count). The smallest absolute Gasteiger partial charge is 0.306 e. The Morgan fingerprint density at radius 3 is 3.00 bits per heavy atom. The Labute approximate surface area is 163 Å². The van der Waals surface area contributed by atoms with Crippen molar-refractivity contribution in [3.05, 3.63) is 39.8 Å². The number of esters is 1. The number of aryl methyl sites for hydroxylation is 1. The number of ether oxygens (including phenoxy) is 3. The molecule has 6 nitrogen and oxygen atoms in total. The monoisotopic (exact) mass is 391 g/mol. The van der Waals surface area contributed by atoms with Gasteiger partial charge < -0.3 is 19.3 Å². The molecule has 1 N–H and O–H groups in total. The lowest BCUT2D eigenvalue weighted by molar-refractivity contribution is -0.143. The van der Waals surface area contributed by atoms with Gasteiger partial charge in [0.2, 0.25) is 6.79 Å². The van der Waals surface area contributed by atoms with E-state index in [9.17, 15) is 4.79 Å². The summed E-state index contributed by atoms with van der Waals surface area (Å²) >= 11 is 1.63. The van der Waals surface area contributed by atoms with Crippen molar-refractivity contribution >= 4 is 17.3 Å². The van der Waals surface area contributed by atoms with Gasteiger partial charge in [-0.3, -0.25) is 4.79 Å². The highest BCUT2D eigenvalue weighted by atomic mass is 32.1. The molecule has 1 aliphatic heterocycles. The van der Waals surface area contributed by atoms with E-state index in [0.29, 0.717) is 25.2 Å². The third kappa shape index (κ3) is 5.43. The zero-order chi connectivity index (χ0) is 19.1. The topological polar surface area (TPSA) is 77.9 Å². The molecule has 0 fully saturated rings. The maximum Gasteiger partial charge on any atom is 0.306 e. The number of rotatable bonds is 10. The molecule has 0 radical (unpaired) electrons. The number of hydrogen-bond acceptors (Lipinski definition) is 7. The number of aromatic nitrogens is 1. The molecule has 1 unspecified atom stereocenters. The Morgan fingerprint density at radius 1 is 1.33 bits per heavy atom. The zero-order valence-electron chi connectivity index (χ0n) is 15.5. The quantitative estimate of drug-likeness (QED) is 0.494. The number of benzene rings is 1. The van der Waals surface area contributed by atoms with Crippen LogP contribution in [0.1, 0.15) is 48.4 Å². The average molecular weight is 391 g/mol. The first-order valence-corrected chi connectivity index (χ1v) is 10.2. The van der Waals surface area contributed by atoms with Crippen LogP contribution in [0.2, 0.25) is 0 Å². The van der Waals surface area contributed by atoms with Crippen molar-refractivity contribution in [2.75, 3.05) is 20.0 Å². The first-order chi connectivity index (χ1) is 13.2. The molecular formula is C20H25NO5S. The van der Waals surface area contributed by atoms with Crippen molar-refractivity contribution in [1.82, 2.24) is 4.98 Å². The molecule has 1 aliphatic rings. The van der Waals surface area contributed by atoms with Gasteiger partial charge in [-0.2, -0.15) is 0 Å². The van der Waals surface area contributed by atoms with Crippen molar-refractivity contribution in [2.45, 2.75) is 44.9 Å². The molecule has 27 heavy (non-hydrogen) atoms. The third-order valence-corrected chi connectivity index (χ3v) is 5.40. The Bertz CT molecular complexity index is 761. The number of aliphatic hydroxyl groups excluding tert-OH is 1. The second-order valence-electron chi connectivity index (χ2n) is 6.44. The number of hydrogen-bond donors (Lipinski definition) is 1. The highest BCUT2D eigenvalue weighted by molar-refractivity contribution is 7.09. The van der Waals surface area contributed by atoms with Crippen LogP contribution >= 0.6 is 11.3 Å². The minimum Gasteiger partial charge on any atom is -0.466 e. The fourth-order valence-electron chi connectivity index (χ4n) is 3.09. The predicted octanol–water partition coefficient (Wildman–Crippen LogP) is 3.47. The lowest BCUT2D eigenvalue weighted by atomic mass is 9.91. The van der Waals surface area contributed by atoms with Crippen LogP contribution in [-0.4, -0.2) is 36.1 Å². The molecule has 0 bridgehead atoms. The van der Waals surface area contributed by atoms with E-state index in [1.165, 1.54) is 0 Å². The summed E-state index contributed by atoms with van der Waals surface area (Å²) < 4.78 is 16.0. The molecule has 0 saturated heterocycles. The van der Waals surface area contributed by atoms with Gasteiger partial charge in [0.15, 0.2) is 11.5 Å². The molecule has 1 aromatic carbocycles. The van der Waals surface area contributed by atoms with E-state index in [4.69, 9.17) is 24.3 Å². The van der Waals surface area contributed by atoms with Crippen LogP contribution in [0.15, 0.2) is 23.6 Å². The summed E-state index contributed by atoms with van der Waals surface area (Å²) in [6.45, 7) is 2.62. The van der Waals surface area contributed by atoms with E-state index in [1.54, 1.807) is 11.3 Å². The van der Waals surface area contributed by atoms with Gasteiger partial charge in [0.1, 0.15) is 0 Å². The van der Waals surface area contributed by atoms with E-state index < -0.39 is 0 Å². The number of aliphatic hydroxyl groups is 1. The summed E-state index contributed by atoms with van der Waals surface area (Å²) in [5, 5.41) is 12.0.